The Morgan fingerprint density at radius 1 is 1.26 bits per heavy atom. The summed E-state index contributed by atoms with van der Waals surface area (Å²) in [5.74, 6) is -0.0917. The van der Waals surface area contributed by atoms with Crippen LogP contribution in [0.4, 0.5) is 5.13 Å². The molecule has 1 unspecified atom stereocenters. The number of carboxylic acids is 1. The Labute approximate surface area is 201 Å². The summed E-state index contributed by atoms with van der Waals surface area (Å²) >= 11 is 1.19. The van der Waals surface area contributed by atoms with E-state index in [1.807, 2.05) is 6.08 Å². The minimum atomic E-state index is -0.984. The van der Waals surface area contributed by atoms with E-state index in [1.54, 1.807) is 38.1 Å². The van der Waals surface area contributed by atoms with Crippen LogP contribution in [0.2, 0.25) is 0 Å². The first kappa shape index (κ1) is 23.7. The maximum absolute atomic E-state index is 12.2. The van der Waals surface area contributed by atoms with Gasteiger partial charge in [-0.25, -0.2) is 19.6 Å². The molecule has 1 saturated heterocycles. The first-order chi connectivity index (χ1) is 16.3. The quantitative estimate of drug-likeness (QED) is 0.455. The van der Waals surface area contributed by atoms with Gasteiger partial charge in [0.2, 0.25) is 5.96 Å². The second kappa shape index (κ2) is 10.2. The number of aliphatic hydroxyl groups excluding tert-OH is 1. The summed E-state index contributed by atoms with van der Waals surface area (Å²) in [6, 6.07) is 6.26. The van der Waals surface area contributed by atoms with Gasteiger partial charge in [-0.3, -0.25) is 0 Å². The van der Waals surface area contributed by atoms with E-state index in [0.717, 1.165) is 11.4 Å². The molecule has 0 amide bonds. The summed E-state index contributed by atoms with van der Waals surface area (Å²) in [5, 5.41) is 26.1. The number of piperidine rings is 1. The van der Waals surface area contributed by atoms with Crippen molar-refractivity contribution >= 4 is 34.4 Å². The first-order valence-electron chi connectivity index (χ1n) is 11.1. The third-order valence-corrected chi connectivity index (χ3v) is 6.67. The number of ether oxygens (including phenoxy) is 1. The summed E-state index contributed by atoms with van der Waals surface area (Å²) in [7, 11) is 0. The highest BCUT2D eigenvalue weighted by Crippen LogP contribution is 2.28. The molecule has 1 atom stereocenters. The third-order valence-electron chi connectivity index (χ3n) is 5.62. The van der Waals surface area contributed by atoms with Crippen molar-refractivity contribution in [3.05, 3.63) is 57.9 Å². The smallest absolute Gasteiger partial charge is 0.350 e. The van der Waals surface area contributed by atoms with E-state index in [1.165, 1.54) is 11.3 Å². The lowest BCUT2D eigenvalue weighted by Crippen LogP contribution is -2.44. The summed E-state index contributed by atoms with van der Waals surface area (Å²) in [6.45, 7) is 5.18. The Morgan fingerprint density at radius 3 is 2.62 bits per heavy atom. The molecular weight excluding hydrogens is 458 g/mol. The molecule has 11 heteroatoms. The topological polar surface area (TPSA) is 136 Å². The van der Waals surface area contributed by atoms with Crippen molar-refractivity contribution in [2.75, 3.05) is 25.0 Å². The molecule has 1 aromatic heterocycles. The Balaban J connectivity index is 1.60. The van der Waals surface area contributed by atoms with E-state index < -0.39 is 11.9 Å². The standard InChI is InChI=1S/C23H27N5O5S/c1-3-33-21(32)19-13(2)24-23(34-19)27-22-25-17(14-4-6-15(7-5-14)20(30)31)12-18(26-22)28-10-8-16(29)9-11-28/h4-7,12,16-17,29H,3,8-11H2,1-2H3,(H,30,31)(H2,24,25,26,27). The zero-order valence-corrected chi connectivity index (χ0v) is 19.8. The van der Waals surface area contributed by atoms with Gasteiger partial charge in [0.15, 0.2) is 5.13 Å². The number of nitrogens with zero attached hydrogens (tertiary/aromatic N) is 3. The highest BCUT2D eigenvalue weighted by molar-refractivity contribution is 7.17. The van der Waals surface area contributed by atoms with Crippen molar-refractivity contribution in [2.24, 2.45) is 4.99 Å². The van der Waals surface area contributed by atoms with Gasteiger partial charge in [0.25, 0.3) is 0 Å². The van der Waals surface area contributed by atoms with Crippen molar-refractivity contribution in [1.82, 2.24) is 15.2 Å². The van der Waals surface area contributed by atoms with Gasteiger partial charge in [-0.05, 0) is 50.5 Å². The van der Waals surface area contributed by atoms with E-state index in [-0.39, 0.29) is 24.3 Å². The van der Waals surface area contributed by atoms with Crippen LogP contribution >= 0.6 is 11.3 Å². The number of aromatic carboxylic acids is 1. The number of aromatic nitrogens is 1. The maximum atomic E-state index is 12.2. The molecule has 3 heterocycles. The molecule has 0 bridgehead atoms. The molecule has 2 aliphatic heterocycles. The van der Waals surface area contributed by atoms with Gasteiger partial charge in [0.05, 0.1) is 24.0 Å². The number of aryl methyl sites for hydroxylation is 1. The van der Waals surface area contributed by atoms with E-state index in [4.69, 9.17) is 9.73 Å². The Morgan fingerprint density at radius 2 is 1.97 bits per heavy atom. The molecule has 34 heavy (non-hydrogen) atoms. The highest BCUT2D eigenvalue weighted by atomic mass is 32.1. The molecule has 0 radical (unpaired) electrons. The predicted octanol–water partition coefficient (Wildman–Crippen LogP) is 2.74. The fraction of sp³-hybridized carbons (Fsp3) is 0.391. The van der Waals surface area contributed by atoms with Crippen LogP contribution < -0.4 is 10.6 Å². The number of carbonyl (C=O) groups excluding carboxylic acids is 1. The Kier molecular flexibility index (Phi) is 7.13. The van der Waals surface area contributed by atoms with Crippen molar-refractivity contribution in [3.63, 3.8) is 0 Å². The van der Waals surface area contributed by atoms with Gasteiger partial charge in [-0.2, -0.15) is 0 Å². The van der Waals surface area contributed by atoms with E-state index >= 15 is 0 Å². The maximum Gasteiger partial charge on any atom is 0.350 e. The number of hydrogen-bond acceptors (Lipinski definition) is 10. The van der Waals surface area contributed by atoms with Crippen LogP contribution in [0.5, 0.6) is 0 Å². The molecule has 0 saturated carbocycles. The molecule has 10 nitrogen and oxygen atoms in total. The zero-order valence-electron chi connectivity index (χ0n) is 18.9. The highest BCUT2D eigenvalue weighted by Gasteiger charge is 2.25. The van der Waals surface area contributed by atoms with Crippen LogP contribution in [0.15, 0.2) is 41.2 Å². The Hall–Kier alpha value is -3.44. The van der Waals surface area contributed by atoms with Crippen molar-refractivity contribution in [3.8, 4) is 0 Å². The average Bonchev–Trinajstić information content (AvgIpc) is 3.19. The number of carboxylic acid groups (broad SMARTS) is 1. The van der Waals surface area contributed by atoms with Crippen LogP contribution in [0, 0.1) is 6.92 Å². The largest absolute Gasteiger partial charge is 0.478 e. The second-order valence-corrected chi connectivity index (χ2v) is 9.02. The number of guanidine groups is 1. The molecular formula is C23H27N5O5S. The van der Waals surface area contributed by atoms with Gasteiger partial charge < -0.3 is 30.5 Å². The minimum absolute atomic E-state index is 0.207. The molecule has 1 fully saturated rings. The first-order valence-corrected chi connectivity index (χ1v) is 11.9. The lowest BCUT2D eigenvalue weighted by atomic mass is 10.0. The normalized spacial score (nSPS) is 18.6. The van der Waals surface area contributed by atoms with E-state index in [9.17, 15) is 19.8 Å². The molecule has 180 valence electrons. The number of benzene rings is 1. The Bertz CT molecular complexity index is 1120. The third kappa shape index (κ3) is 5.37. The van der Waals surface area contributed by atoms with Crippen LogP contribution in [-0.2, 0) is 4.74 Å². The SMILES string of the molecule is CCOC(=O)c1sc(NC2=NC(c3ccc(C(=O)O)cc3)C=C(N3CCC(O)CC3)N2)nc1C. The van der Waals surface area contributed by atoms with E-state index in [2.05, 4.69) is 20.5 Å². The van der Waals surface area contributed by atoms with Gasteiger partial charge in [-0.15, -0.1) is 0 Å². The molecule has 4 rings (SSSR count). The molecule has 0 spiro atoms. The molecule has 2 aromatic rings. The fourth-order valence-electron chi connectivity index (χ4n) is 3.81. The zero-order chi connectivity index (χ0) is 24.2. The summed E-state index contributed by atoms with van der Waals surface area (Å²) in [5.41, 5.74) is 1.62. The number of carbonyl (C=O) groups is 2. The van der Waals surface area contributed by atoms with E-state index in [0.29, 0.717) is 47.6 Å². The van der Waals surface area contributed by atoms with Gasteiger partial charge in [0, 0.05) is 13.1 Å². The number of thiazole rings is 1. The number of esters is 1. The number of aliphatic imine (C=N–C) groups is 1. The van der Waals surface area contributed by atoms with Gasteiger partial charge in [-0.1, -0.05) is 23.5 Å². The van der Waals surface area contributed by atoms with Crippen LogP contribution in [0.1, 0.15) is 57.1 Å². The van der Waals surface area contributed by atoms with Gasteiger partial charge in [0.1, 0.15) is 16.7 Å². The summed E-state index contributed by atoms with van der Waals surface area (Å²) in [6.07, 6.45) is 3.03. The van der Waals surface area contributed by atoms with Crippen LogP contribution in [0.3, 0.4) is 0 Å². The number of nitrogens with one attached hydrogen (secondary N) is 2. The van der Waals surface area contributed by atoms with Crippen molar-refractivity contribution < 1.29 is 24.5 Å². The molecule has 4 N–H and O–H groups in total. The van der Waals surface area contributed by atoms with Gasteiger partial charge >= 0.3 is 11.9 Å². The number of likely N-dealkylation sites (tertiary alicyclic amines) is 1. The molecule has 0 aliphatic carbocycles. The average molecular weight is 486 g/mol. The molecule has 2 aliphatic rings. The number of aliphatic hydroxyl groups is 1. The summed E-state index contributed by atoms with van der Waals surface area (Å²) < 4.78 is 5.10. The minimum Gasteiger partial charge on any atom is -0.478 e. The lowest BCUT2D eigenvalue weighted by Gasteiger charge is -2.35. The number of anilines is 1. The monoisotopic (exact) mass is 485 g/mol. The van der Waals surface area contributed by atoms with Crippen LogP contribution in [-0.4, -0.2) is 63.8 Å². The predicted molar refractivity (Wildman–Crippen MR) is 128 cm³/mol. The second-order valence-electron chi connectivity index (χ2n) is 8.02. The number of rotatable bonds is 6. The lowest BCUT2D eigenvalue weighted by molar-refractivity contribution is 0.0530. The van der Waals surface area contributed by atoms with Crippen LogP contribution in [0.25, 0.3) is 0 Å². The number of hydrogen-bond donors (Lipinski definition) is 4. The molecule has 1 aromatic carbocycles. The van der Waals surface area contributed by atoms with Crippen molar-refractivity contribution in [2.45, 2.75) is 38.8 Å². The van der Waals surface area contributed by atoms with Crippen molar-refractivity contribution in [1.29, 1.82) is 0 Å². The fourth-order valence-corrected chi connectivity index (χ4v) is 4.67. The summed E-state index contributed by atoms with van der Waals surface area (Å²) in [4.78, 5) is 35.2.